The molecule has 0 amide bonds. The van der Waals surface area contributed by atoms with Gasteiger partial charge in [-0.2, -0.15) is 4.31 Å². The summed E-state index contributed by atoms with van der Waals surface area (Å²) in [6.07, 6.45) is 0. The van der Waals surface area contributed by atoms with Crippen LogP contribution >= 0.6 is 11.3 Å². The number of aryl methyl sites for hydroxylation is 1. The third-order valence-corrected chi connectivity index (χ3v) is 5.63. The Labute approximate surface area is 123 Å². The van der Waals surface area contributed by atoms with Gasteiger partial charge in [0.15, 0.2) is 0 Å². The van der Waals surface area contributed by atoms with Gasteiger partial charge >= 0.3 is 0 Å². The summed E-state index contributed by atoms with van der Waals surface area (Å²) in [6, 6.07) is 5.27. The highest BCUT2D eigenvalue weighted by Gasteiger charge is 2.23. The molecule has 0 saturated heterocycles. The maximum absolute atomic E-state index is 12.6. The van der Waals surface area contributed by atoms with Crippen LogP contribution in [0.1, 0.15) is 16.8 Å². The molecule has 1 heterocycles. The third-order valence-electron chi connectivity index (χ3n) is 3.04. The molecule has 0 saturated carbocycles. The van der Waals surface area contributed by atoms with Crippen LogP contribution in [0.5, 0.6) is 0 Å². The van der Waals surface area contributed by atoms with Crippen LogP contribution in [-0.4, -0.2) is 24.8 Å². The van der Waals surface area contributed by atoms with Crippen molar-refractivity contribution in [2.45, 2.75) is 24.9 Å². The summed E-state index contributed by atoms with van der Waals surface area (Å²) in [4.78, 5) is 4.42. The Bertz CT molecular complexity index is 682. The Balaban J connectivity index is 2.34. The van der Waals surface area contributed by atoms with Gasteiger partial charge in [-0.3, -0.25) is 0 Å². The number of nitrogens with two attached hydrogens (primary N) is 1. The molecule has 2 aromatic rings. The summed E-state index contributed by atoms with van der Waals surface area (Å²) in [5.41, 5.74) is 9.53. The number of sulfonamides is 1. The Morgan fingerprint density at radius 3 is 2.75 bits per heavy atom. The number of rotatable bonds is 5. The zero-order chi connectivity index (χ0) is 14.8. The van der Waals surface area contributed by atoms with Crippen LogP contribution < -0.4 is 5.73 Å². The average Bonchev–Trinajstić information content (AvgIpc) is 2.92. The molecular weight excluding hydrogens is 294 g/mol. The quantitative estimate of drug-likeness (QED) is 0.912. The predicted octanol–water partition coefficient (Wildman–Crippen LogP) is 1.73. The van der Waals surface area contributed by atoms with Gasteiger partial charge < -0.3 is 5.73 Å². The highest BCUT2D eigenvalue weighted by Crippen LogP contribution is 2.21. The Morgan fingerprint density at radius 1 is 1.40 bits per heavy atom. The molecule has 1 aromatic heterocycles. The molecule has 0 bridgehead atoms. The number of aromatic nitrogens is 1. The average molecular weight is 311 g/mol. The van der Waals surface area contributed by atoms with Crippen molar-refractivity contribution in [3.05, 3.63) is 45.9 Å². The van der Waals surface area contributed by atoms with E-state index in [0.29, 0.717) is 17.0 Å². The second-order valence-corrected chi connectivity index (χ2v) is 7.28. The number of thiazole rings is 1. The van der Waals surface area contributed by atoms with Gasteiger partial charge in [0.1, 0.15) is 0 Å². The van der Waals surface area contributed by atoms with Gasteiger partial charge in [-0.25, -0.2) is 13.4 Å². The van der Waals surface area contributed by atoms with Crippen molar-refractivity contribution in [3.63, 3.8) is 0 Å². The lowest BCUT2D eigenvalue weighted by Crippen LogP contribution is -2.27. The summed E-state index contributed by atoms with van der Waals surface area (Å²) < 4.78 is 26.5. The maximum Gasteiger partial charge on any atom is 0.243 e. The van der Waals surface area contributed by atoms with Gasteiger partial charge in [-0.05, 0) is 24.1 Å². The molecule has 20 heavy (non-hydrogen) atoms. The van der Waals surface area contributed by atoms with Crippen LogP contribution in [0.4, 0.5) is 0 Å². The van der Waals surface area contributed by atoms with Gasteiger partial charge in [0, 0.05) is 19.0 Å². The summed E-state index contributed by atoms with van der Waals surface area (Å²) >= 11 is 1.45. The third kappa shape index (κ3) is 3.06. The molecule has 0 aliphatic heterocycles. The van der Waals surface area contributed by atoms with Gasteiger partial charge in [0.2, 0.25) is 10.0 Å². The van der Waals surface area contributed by atoms with Gasteiger partial charge in [0.25, 0.3) is 0 Å². The lowest BCUT2D eigenvalue weighted by molar-refractivity contribution is 0.462. The summed E-state index contributed by atoms with van der Waals surface area (Å²) in [5, 5.41) is 1.84. The first-order chi connectivity index (χ1) is 9.45. The fourth-order valence-electron chi connectivity index (χ4n) is 1.85. The Morgan fingerprint density at radius 2 is 2.15 bits per heavy atom. The fraction of sp³-hybridized carbons (Fsp3) is 0.308. The lowest BCUT2D eigenvalue weighted by atomic mass is 10.1. The molecule has 0 spiro atoms. The van der Waals surface area contributed by atoms with Crippen LogP contribution in [-0.2, 0) is 23.1 Å². The molecule has 0 aliphatic rings. The largest absolute Gasteiger partial charge is 0.326 e. The van der Waals surface area contributed by atoms with E-state index in [2.05, 4.69) is 4.98 Å². The van der Waals surface area contributed by atoms with E-state index in [1.54, 1.807) is 31.6 Å². The van der Waals surface area contributed by atoms with Crippen LogP contribution in [0.25, 0.3) is 0 Å². The Kier molecular flexibility index (Phi) is 4.54. The molecule has 7 heteroatoms. The normalized spacial score (nSPS) is 12.0. The van der Waals surface area contributed by atoms with Crippen molar-refractivity contribution in [3.8, 4) is 0 Å². The first-order valence-electron chi connectivity index (χ1n) is 6.08. The zero-order valence-corrected chi connectivity index (χ0v) is 13.0. The number of hydrogen-bond donors (Lipinski definition) is 1. The molecule has 0 fully saturated rings. The van der Waals surface area contributed by atoms with Crippen molar-refractivity contribution < 1.29 is 8.42 Å². The van der Waals surface area contributed by atoms with Crippen LogP contribution in [0.3, 0.4) is 0 Å². The highest BCUT2D eigenvalue weighted by atomic mass is 32.2. The van der Waals surface area contributed by atoms with Crippen molar-refractivity contribution in [2.24, 2.45) is 5.73 Å². The van der Waals surface area contributed by atoms with Crippen molar-refractivity contribution >= 4 is 21.4 Å². The summed E-state index contributed by atoms with van der Waals surface area (Å²) in [6.45, 7) is 2.36. The van der Waals surface area contributed by atoms with Gasteiger partial charge in [-0.1, -0.05) is 12.1 Å². The number of benzene rings is 1. The van der Waals surface area contributed by atoms with E-state index < -0.39 is 10.0 Å². The van der Waals surface area contributed by atoms with E-state index >= 15 is 0 Å². The van der Waals surface area contributed by atoms with Crippen molar-refractivity contribution in [1.82, 2.24) is 9.29 Å². The molecule has 0 unspecified atom stereocenters. The SMILES string of the molecule is Cc1ccc(CN)cc1S(=O)(=O)N(C)Cc1cscn1. The molecule has 0 radical (unpaired) electrons. The smallest absolute Gasteiger partial charge is 0.243 e. The second kappa shape index (κ2) is 6.01. The van der Waals surface area contributed by atoms with E-state index in [0.717, 1.165) is 11.3 Å². The summed E-state index contributed by atoms with van der Waals surface area (Å²) in [7, 11) is -1.98. The summed E-state index contributed by atoms with van der Waals surface area (Å²) in [5.74, 6) is 0. The topological polar surface area (TPSA) is 76.3 Å². The second-order valence-electron chi connectivity index (χ2n) is 4.54. The molecule has 2 rings (SSSR count). The highest BCUT2D eigenvalue weighted by molar-refractivity contribution is 7.89. The lowest BCUT2D eigenvalue weighted by Gasteiger charge is -2.18. The van der Waals surface area contributed by atoms with E-state index in [4.69, 9.17) is 5.73 Å². The zero-order valence-electron chi connectivity index (χ0n) is 11.4. The standard InChI is InChI=1S/C13H17N3O2S2/c1-10-3-4-11(6-14)5-13(10)20(17,18)16(2)7-12-8-19-9-15-12/h3-5,8-9H,6-7,14H2,1-2H3. The molecule has 1 aromatic carbocycles. The number of nitrogens with zero attached hydrogens (tertiary/aromatic N) is 2. The van der Waals surface area contributed by atoms with Crippen molar-refractivity contribution in [2.75, 3.05) is 7.05 Å². The molecule has 108 valence electrons. The fourth-order valence-corrected chi connectivity index (χ4v) is 3.81. The minimum Gasteiger partial charge on any atom is -0.326 e. The van der Waals surface area contributed by atoms with Crippen LogP contribution in [0.15, 0.2) is 34.0 Å². The van der Waals surface area contributed by atoms with Crippen molar-refractivity contribution in [1.29, 1.82) is 0 Å². The van der Waals surface area contributed by atoms with Crippen LogP contribution in [0, 0.1) is 6.92 Å². The molecule has 5 nitrogen and oxygen atoms in total. The van der Waals surface area contributed by atoms with E-state index in [9.17, 15) is 8.42 Å². The predicted molar refractivity (Wildman–Crippen MR) is 79.8 cm³/mol. The minimum atomic E-state index is -3.54. The minimum absolute atomic E-state index is 0.262. The van der Waals surface area contributed by atoms with Gasteiger partial charge in [-0.15, -0.1) is 11.3 Å². The Hall–Kier alpha value is -1.28. The first kappa shape index (κ1) is 15.1. The molecule has 0 atom stereocenters. The van der Waals surface area contributed by atoms with E-state index in [1.807, 2.05) is 11.4 Å². The van der Waals surface area contributed by atoms with Crippen LogP contribution in [0.2, 0.25) is 0 Å². The monoisotopic (exact) mass is 311 g/mol. The molecule has 0 aliphatic carbocycles. The maximum atomic E-state index is 12.6. The molecular formula is C13H17N3O2S2. The first-order valence-corrected chi connectivity index (χ1v) is 8.46. The molecule has 2 N–H and O–H groups in total. The van der Waals surface area contributed by atoms with E-state index in [1.165, 1.54) is 15.6 Å². The number of hydrogen-bond acceptors (Lipinski definition) is 5. The van der Waals surface area contributed by atoms with Gasteiger partial charge in [0.05, 0.1) is 22.6 Å². The van der Waals surface area contributed by atoms with E-state index in [-0.39, 0.29) is 6.54 Å².